The summed E-state index contributed by atoms with van der Waals surface area (Å²) in [6.45, 7) is 0.983. The Balaban J connectivity index is 0.00000280. The molecule has 0 aromatic heterocycles. The predicted molar refractivity (Wildman–Crippen MR) is 109 cm³/mol. The number of fused-ring (bicyclic) bond motifs is 5. The first kappa shape index (κ1) is 23.0. The third-order valence-corrected chi connectivity index (χ3v) is 5.59. The molecule has 1 saturated carbocycles. The summed E-state index contributed by atoms with van der Waals surface area (Å²) in [4.78, 5) is 30.5. The summed E-state index contributed by atoms with van der Waals surface area (Å²) in [5.41, 5.74) is 0. The van der Waals surface area contributed by atoms with Gasteiger partial charge in [0.1, 0.15) is 0 Å². The zero-order valence-electron chi connectivity index (χ0n) is 15.7. The van der Waals surface area contributed by atoms with Crippen LogP contribution >= 0.6 is 24.0 Å². The number of rotatable bonds is 7. The molecule has 1 saturated heterocycles. The topological polar surface area (TPSA) is 73.8 Å². The average Bonchev–Trinajstić information content (AvgIpc) is 3.28. The fraction of sp³-hybridized carbons (Fsp3) is 0.722. The van der Waals surface area contributed by atoms with Crippen molar-refractivity contribution in [2.24, 2.45) is 28.7 Å². The van der Waals surface area contributed by atoms with Gasteiger partial charge < -0.3 is 10.6 Å². The van der Waals surface area contributed by atoms with Gasteiger partial charge in [-0.3, -0.25) is 19.5 Å². The van der Waals surface area contributed by atoms with E-state index in [-0.39, 0.29) is 72.4 Å². The molecule has 1 heterocycles. The van der Waals surface area contributed by atoms with E-state index in [9.17, 15) is 22.8 Å². The van der Waals surface area contributed by atoms with Crippen LogP contribution in [0.15, 0.2) is 17.1 Å². The molecule has 0 spiro atoms. The summed E-state index contributed by atoms with van der Waals surface area (Å²) in [5.74, 6) is 0.277. The minimum atomic E-state index is -4.12. The molecule has 0 aromatic carbocycles. The molecule has 28 heavy (non-hydrogen) atoms. The summed E-state index contributed by atoms with van der Waals surface area (Å²) in [5, 5.41) is 5.94. The van der Waals surface area contributed by atoms with E-state index in [1.54, 1.807) is 7.05 Å². The van der Waals surface area contributed by atoms with Crippen LogP contribution in [-0.4, -0.2) is 55.5 Å². The van der Waals surface area contributed by atoms with Crippen LogP contribution in [-0.2, 0) is 9.59 Å². The van der Waals surface area contributed by atoms with Crippen molar-refractivity contribution in [3.63, 3.8) is 0 Å². The number of hydrogen-bond donors (Lipinski definition) is 2. The van der Waals surface area contributed by atoms with Crippen molar-refractivity contribution in [3.8, 4) is 0 Å². The minimum absolute atomic E-state index is 0. The van der Waals surface area contributed by atoms with Crippen LogP contribution in [0.5, 0.6) is 0 Å². The maximum absolute atomic E-state index is 12.6. The predicted octanol–water partition coefficient (Wildman–Crippen LogP) is 2.31. The Labute approximate surface area is 179 Å². The molecule has 2 amide bonds. The highest BCUT2D eigenvalue weighted by atomic mass is 127. The number of aliphatic imine (C=N–C) groups is 1. The van der Waals surface area contributed by atoms with E-state index >= 15 is 0 Å². The third-order valence-electron chi connectivity index (χ3n) is 5.59. The Morgan fingerprint density at radius 2 is 1.68 bits per heavy atom. The van der Waals surface area contributed by atoms with Gasteiger partial charge in [0.05, 0.1) is 11.8 Å². The van der Waals surface area contributed by atoms with Gasteiger partial charge in [0.2, 0.25) is 11.8 Å². The first-order valence-electron chi connectivity index (χ1n) is 9.36. The van der Waals surface area contributed by atoms with Gasteiger partial charge in [0.25, 0.3) is 0 Å². The molecule has 3 rings (SSSR count). The normalized spacial score (nSPS) is 28.6. The van der Waals surface area contributed by atoms with Crippen LogP contribution < -0.4 is 10.6 Å². The molecule has 1 aliphatic heterocycles. The Morgan fingerprint density at radius 3 is 2.21 bits per heavy atom. The number of imide groups is 1. The minimum Gasteiger partial charge on any atom is -0.356 e. The monoisotopic (exact) mass is 514 g/mol. The number of nitrogens with zero attached hydrogens (tertiary/aromatic N) is 2. The second kappa shape index (κ2) is 9.45. The lowest BCUT2D eigenvalue weighted by atomic mass is 9.85. The van der Waals surface area contributed by atoms with Crippen LogP contribution in [0.1, 0.15) is 25.7 Å². The maximum atomic E-state index is 12.6. The van der Waals surface area contributed by atoms with Crippen LogP contribution in [0.3, 0.4) is 0 Å². The Hall–Kier alpha value is -1.33. The first-order chi connectivity index (χ1) is 12.8. The molecule has 3 aliphatic rings. The highest BCUT2D eigenvalue weighted by Gasteiger charge is 2.58. The van der Waals surface area contributed by atoms with Gasteiger partial charge in [-0.2, -0.15) is 13.2 Å². The van der Waals surface area contributed by atoms with Gasteiger partial charge in [0.15, 0.2) is 5.96 Å². The lowest BCUT2D eigenvalue weighted by molar-refractivity contribution is -0.140. The molecule has 2 N–H and O–H groups in total. The molecule has 2 bridgehead atoms. The van der Waals surface area contributed by atoms with E-state index in [0.717, 1.165) is 6.42 Å². The smallest absolute Gasteiger partial charge is 0.356 e. The van der Waals surface area contributed by atoms with E-state index in [1.165, 1.54) is 4.90 Å². The fourth-order valence-corrected chi connectivity index (χ4v) is 4.35. The van der Waals surface area contributed by atoms with Gasteiger partial charge in [-0.25, -0.2) is 0 Å². The summed E-state index contributed by atoms with van der Waals surface area (Å²) < 4.78 is 36.3. The van der Waals surface area contributed by atoms with E-state index in [4.69, 9.17) is 0 Å². The number of nitrogens with one attached hydrogen (secondary N) is 2. The number of alkyl halides is 3. The zero-order chi connectivity index (χ0) is 19.6. The van der Waals surface area contributed by atoms with Crippen LogP contribution in [0, 0.1) is 23.7 Å². The summed E-state index contributed by atoms with van der Waals surface area (Å²) in [6.07, 6.45) is 0.545. The molecular formula is C18H26F3IN4O2. The Morgan fingerprint density at radius 1 is 1.11 bits per heavy atom. The van der Waals surface area contributed by atoms with Crippen LogP contribution in [0.4, 0.5) is 13.2 Å². The third kappa shape index (κ3) is 4.98. The van der Waals surface area contributed by atoms with Gasteiger partial charge in [-0.15, -0.1) is 24.0 Å². The molecule has 158 valence electrons. The van der Waals surface area contributed by atoms with Gasteiger partial charge in [-0.1, -0.05) is 12.2 Å². The van der Waals surface area contributed by atoms with Crippen molar-refractivity contribution in [2.45, 2.75) is 31.9 Å². The standard InChI is InChI=1S/C18H25F3N4O2.HI/c1-22-17(23-7-3-2-6-18(19,20)21)24-8-9-25-15(26)13-11-4-5-12(10-11)14(13)16(25)27;/h4-5,11-14H,2-3,6-10H2,1H3,(H2,22,23,24);1H. The van der Waals surface area contributed by atoms with Gasteiger partial charge in [-0.05, 0) is 31.1 Å². The molecule has 4 atom stereocenters. The molecule has 2 aliphatic carbocycles. The highest BCUT2D eigenvalue weighted by Crippen LogP contribution is 2.52. The number of likely N-dealkylation sites (tertiary alicyclic amines) is 1. The number of amides is 2. The zero-order valence-corrected chi connectivity index (χ0v) is 18.0. The number of allylic oxidation sites excluding steroid dienone is 2. The number of hydrogen-bond acceptors (Lipinski definition) is 3. The number of halogens is 4. The highest BCUT2D eigenvalue weighted by molar-refractivity contribution is 14.0. The van der Waals surface area contributed by atoms with E-state index in [2.05, 4.69) is 27.8 Å². The van der Waals surface area contributed by atoms with Crippen molar-refractivity contribution in [1.29, 1.82) is 0 Å². The first-order valence-corrected chi connectivity index (χ1v) is 9.36. The number of carbonyl (C=O) groups is 2. The van der Waals surface area contributed by atoms with E-state index < -0.39 is 12.6 Å². The number of carbonyl (C=O) groups excluding carboxylic acids is 2. The van der Waals surface area contributed by atoms with Gasteiger partial charge >= 0.3 is 6.18 Å². The Bertz CT molecular complexity index is 623. The summed E-state index contributed by atoms with van der Waals surface area (Å²) in [7, 11) is 1.56. The van der Waals surface area contributed by atoms with Crippen molar-refractivity contribution >= 4 is 41.8 Å². The van der Waals surface area contributed by atoms with Crippen LogP contribution in [0.2, 0.25) is 0 Å². The summed E-state index contributed by atoms with van der Waals surface area (Å²) in [6, 6.07) is 0. The SMILES string of the molecule is CN=C(NCCCCC(F)(F)F)NCCN1C(=O)C2C3C=CC(C3)C2C1=O.I. The molecular weight excluding hydrogens is 488 g/mol. The van der Waals surface area contributed by atoms with Crippen molar-refractivity contribution in [2.75, 3.05) is 26.7 Å². The largest absolute Gasteiger partial charge is 0.389 e. The maximum Gasteiger partial charge on any atom is 0.389 e. The van der Waals surface area contributed by atoms with Crippen molar-refractivity contribution < 1.29 is 22.8 Å². The molecule has 10 heteroatoms. The number of unbranched alkanes of at least 4 members (excludes halogenated alkanes) is 1. The molecule has 2 fully saturated rings. The molecule has 6 nitrogen and oxygen atoms in total. The van der Waals surface area contributed by atoms with Crippen molar-refractivity contribution in [3.05, 3.63) is 12.2 Å². The molecule has 0 aromatic rings. The second-order valence-electron chi connectivity index (χ2n) is 7.33. The second-order valence-corrected chi connectivity index (χ2v) is 7.33. The lowest BCUT2D eigenvalue weighted by Gasteiger charge is -2.18. The molecule has 0 radical (unpaired) electrons. The number of guanidine groups is 1. The molecule has 4 unspecified atom stereocenters. The lowest BCUT2D eigenvalue weighted by Crippen LogP contribution is -2.43. The van der Waals surface area contributed by atoms with Crippen LogP contribution in [0.25, 0.3) is 0 Å². The van der Waals surface area contributed by atoms with Gasteiger partial charge in [0, 0.05) is 33.1 Å². The summed E-state index contributed by atoms with van der Waals surface area (Å²) >= 11 is 0. The fourth-order valence-electron chi connectivity index (χ4n) is 4.35. The van der Waals surface area contributed by atoms with Crippen molar-refractivity contribution in [1.82, 2.24) is 15.5 Å². The van der Waals surface area contributed by atoms with E-state index in [1.807, 2.05) is 0 Å². The van der Waals surface area contributed by atoms with E-state index in [0.29, 0.717) is 25.5 Å². The average molecular weight is 514 g/mol. The quantitative estimate of drug-likeness (QED) is 0.137. The Kier molecular flexibility index (Phi) is 7.74.